The van der Waals surface area contributed by atoms with Gasteiger partial charge < -0.3 is 15.0 Å². The smallest absolute Gasteiger partial charge is 0.276 e. The van der Waals surface area contributed by atoms with E-state index >= 15 is 0 Å². The number of aryl methyl sites for hydroxylation is 1. The topological polar surface area (TPSA) is 112 Å². The average Bonchev–Trinajstić information content (AvgIpc) is 3.18. The predicted molar refractivity (Wildman–Crippen MR) is 117 cm³/mol. The van der Waals surface area contributed by atoms with Crippen LogP contribution in [0.4, 0.5) is 0 Å². The first-order valence-electron chi connectivity index (χ1n) is 10.1. The molecule has 8 heteroatoms. The summed E-state index contributed by atoms with van der Waals surface area (Å²) < 4.78 is 5.54. The highest BCUT2D eigenvalue weighted by molar-refractivity contribution is 5.90. The summed E-state index contributed by atoms with van der Waals surface area (Å²) in [6.45, 7) is 3.09. The van der Waals surface area contributed by atoms with E-state index in [4.69, 9.17) is 4.74 Å². The minimum Gasteiger partial charge on any atom is -0.483 e. The second-order valence-corrected chi connectivity index (χ2v) is 7.10. The van der Waals surface area contributed by atoms with Gasteiger partial charge in [-0.3, -0.25) is 25.2 Å². The van der Waals surface area contributed by atoms with E-state index in [0.29, 0.717) is 5.75 Å². The number of carbonyl (C=O) groups excluding carboxylic acids is 3. The Bertz CT molecular complexity index is 1080. The molecule has 0 saturated carbocycles. The van der Waals surface area contributed by atoms with E-state index in [-0.39, 0.29) is 18.9 Å². The lowest BCUT2D eigenvalue weighted by Crippen LogP contribution is -2.53. The van der Waals surface area contributed by atoms with Crippen molar-refractivity contribution in [2.75, 3.05) is 6.61 Å². The molecule has 3 aromatic rings. The number of hydrogen-bond acceptors (Lipinski definition) is 4. The second kappa shape index (κ2) is 10.3. The summed E-state index contributed by atoms with van der Waals surface area (Å²) in [5.74, 6) is -0.747. The molecule has 0 aliphatic rings. The predicted octanol–water partition coefficient (Wildman–Crippen LogP) is 2.00. The van der Waals surface area contributed by atoms with Gasteiger partial charge in [-0.15, -0.1) is 0 Å². The zero-order valence-electron chi connectivity index (χ0n) is 17.5. The van der Waals surface area contributed by atoms with Crippen LogP contribution in [0.15, 0.2) is 54.7 Å². The monoisotopic (exact) mass is 422 g/mol. The van der Waals surface area contributed by atoms with Crippen molar-refractivity contribution in [2.24, 2.45) is 0 Å². The number of fused-ring (bicyclic) bond motifs is 1. The van der Waals surface area contributed by atoms with Gasteiger partial charge in [-0.05, 0) is 29.7 Å². The van der Waals surface area contributed by atoms with Crippen LogP contribution in [0.5, 0.6) is 5.75 Å². The van der Waals surface area contributed by atoms with Crippen molar-refractivity contribution in [3.63, 3.8) is 0 Å². The molecular weight excluding hydrogens is 396 g/mol. The molecular formula is C23H26N4O4. The summed E-state index contributed by atoms with van der Waals surface area (Å²) in [5.41, 5.74) is 7.52. The van der Waals surface area contributed by atoms with Gasteiger partial charge in [-0.1, -0.05) is 43.3 Å². The first-order chi connectivity index (χ1) is 15.0. The van der Waals surface area contributed by atoms with Gasteiger partial charge in [-0.2, -0.15) is 0 Å². The van der Waals surface area contributed by atoms with E-state index in [0.717, 1.165) is 28.5 Å². The SMILES string of the molecule is CCc1ccccc1OCC(=O)NNC(=O)[C@H](Cc1c[nH]c2ccccc12)NC(C)=O. The number of hydrazine groups is 1. The second-order valence-electron chi connectivity index (χ2n) is 7.10. The number of carbonyl (C=O) groups is 3. The van der Waals surface area contributed by atoms with Gasteiger partial charge in [0.2, 0.25) is 5.91 Å². The highest BCUT2D eigenvalue weighted by atomic mass is 16.5. The van der Waals surface area contributed by atoms with Crippen molar-refractivity contribution in [2.45, 2.75) is 32.7 Å². The van der Waals surface area contributed by atoms with E-state index in [1.54, 1.807) is 6.07 Å². The van der Waals surface area contributed by atoms with Gasteiger partial charge in [0.25, 0.3) is 11.8 Å². The third kappa shape index (κ3) is 5.85. The van der Waals surface area contributed by atoms with Gasteiger partial charge >= 0.3 is 0 Å². The van der Waals surface area contributed by atoms with Crippen LogP contribution < -0.4 is 20.9 Å². The number of aromatic nitrogens is 1. The number of hydrogen-bond donors (Lipinski definition) is 4. The van der Waals surface area contributed by atoms with Crippen LogP contribution in [0.1, 0.15) is 25.0 Å². The van der Waals surface area contributed by atoms with Gasteiger partial charge in [0.15, 0.2) is 6.61 Å². The third-order valence-corrected chi connectivity index (χ3v) is 4.83. The van der Waals surface area contributed by atoms with Crippen LogP contribution in [0.25, 0.3) is 10.9 Å². The maximum atomic E-state index is 12.6. The molecule has 0 aliphatic carbocycles. The summed E-state index contributed by atoms with van der Waals surface area (Å²) in [7, 11) is 0. The molecule has 1 atom stereocenters. The van der Waals surface area contributed by atoms with Gasteiger partial charge in [0.1, 0.15) is 11.8 Å². The Morgan fingerprint density at radius 2 is 1.74 bits per heavy atom. The summed E-state index contributed by atoms with van der Waals surface area (Å²) in [6.07, 6.45) is 2.86. The van der Waals surface area contributed by atoms with E-state index < -0.39 is 17.9 Å². The van der Waals surface area contributed by atoms with Gasteiger partial charge in [-0.25, -0.2) is 0 Å². The number of nitrogens with one attached hydrogen (secondary N) is 4. The minimum atomic E-state index is -0.848. The maximum Gasteiger partial charge on any atom is 0.276 e. The van der Waals surface area contributed by atoms with Gasteiger partial charge in [0.05, 0.1) is 0 Å². The number of rotatable bonds is 8. The molecule has 8 nitrogen and oxygen atoms in total. The molecule has 2 aromatic carbocycles. The van der Waals surface area contributed by atoms with Crippen LogP contribution in [0.3, 0.4) is 0 Å². The molecule has 0 aliphatic heterocycles. The highest BCUT2D eigenvalue weighted by Gasteiger charge is 2.22. The zero-order chi connectivity index (χ0) is 22.2. The van der Waals surface area contributed by atoms with Crippen molar-refractivity contribution in [1.29, 1.82) is 0 Å². The molecule has 3 rings (SSSR count). The lowest BCUT2D eigenvalue weighted by atomic mass is 10.0. The number of benzene rings is 2. The number of H-pyrrole nitrogens is 1. The Balaban J connectivity index is 1.57. The standard InChI is InChI=1S/C23H26N4O4/c1-3-16-8-4-7-11-21(16)31-14-22(29)26-27-23(30)20(25-15(2)28)12-17-13-24-19-10-6-5-9-18(17)19/h4-11,13,20,24H,3,12,14H2,1-2H3,(H,25,28)(H,26,29)(H,27,30)/t20-/m0/s1. The Morgan fingerprint density at radius 1 is 1.00 bits per heavy atom. The minimum absolute atomic E-state index is 0.245. The number of ether oxygens (including phenoxy) is 1. The Morgan fingerprint density at radius 3 is 2.52 bits per heavy atom. The molecule has 4 N–H and O–H groups in total. The summed E-state index contributed by atoms with van der Waals surface area (Å²) in [5, 5.41) is 3.60. The normalized spacial score (nSPS) is 11.5. The fourth-order valence-electron chi connectivity index (χ4n) is 3.31. The molecule has 0 saturated heterocycles. The summed E-state index contributed by atoms with van der Waals surface area (Å²) >= 11 is 0. The van der Waals surface area contributed by atoms with Crippen molar-refractivity contribution in [3.05, 3.63) is 65.9 Å². The molecule has 31 heavy (non-hydrogen) atoms. The summed E-state index contributed by atoms with van der Waals surface area (Å²) in [6, 6.07) is 14.3. The fourth-order valence-corrected chi connectivity index (χ4v) is 3.31. The quantitative estimate of drug-likeness (QED) is 0.416. The Kier molecular flexibility index (Phi) is 7.26. The average molecular weight is 422 g/mol. The molecule has 162 valence electrons. The van der Waals surface area contributed by atoms with Crippen LogP contribution in [-0.2, 0) is 27.2 Å². The maximum absolute atomic E-state index is 12.6. The molecule has 0 spiro atoms. The van der Waals surface area contributed by atoms with Gasteiger partial charge in [0, 0.05) is 30.4 Å². The number of aromatic amines is 1. The zero-order valence-corrected chi connectivity index (χ0v) is 17.5. The highest BCUT2D eigenvalue weighted by Crippen LogP contribution is 2.19. The molecule has 1 aromatic heterocycles. The number of amides is 3. The molecule has 0 fully saturated rings. The van der Waals surface area contributed by atoms with Crippen molar-refractivity contribution in [3.8, 4) is 5.75 Å². The largest absolute Gasteiger partial charge is 0.483 e. The summed E-state index contributed by atoms with van der Waals surface area (Å²) in [4.78, 5) is 39.5. The fraction of sp³-hybridized carbons (Fsp3) is 0.261. The molecule has 1 heterocycles. The van der Waals surface area contributed by atoms with E-state index in [1.807, 2.05) is 55.6 Å². The van der Waals surface area contributed by atoms with Crippen LogP contribution in [0.2, 0.25) is 0 Å². The molecule has 0 radical (unpaired) electrons. The van der Waals surface area contributed by atoms with E-state index in [2.05, 4.69) is 21.2 Å². The van der Waals surface area contributed by atoms with E-state index in [1.165, 1.54) is 6.92 Å². The van der Waals surface area contributed by atoms with Crippen molar-refractivity contribution >= 4 is 28.6 Å². The third-order valence-electron chi connectivity index (χ3n) is 4.83. The van der Waals surface area contributed by atoms with Crippen molar-refractivity contribution in [1.82, 2.24) is 21.2 Å². The Labute approximate surface area is 180 Å². The molecule has 0 unspecified atom stereocenters. The van der Waals surface area contributed by atoms with Crippen LogP contribution in [0, 0.1) is 0 Å². The lowest BCUT2D eigenvalue weighted by Gasteiger charge is -2.18. The molecule has 3 amide bonds. The first kappa shape index (κ1) is 21.9. The Hall–Kier alpha value is -3.81. The van der Waals surface area contributed by atoms with Crippen molar-refractivity contribution < 1.29 is 19.1 Å². The lowest BCUT2D eigenvalue weighted by molar-refractivity contribution is -0.132. The van der Waals surface area contributed by atoms with Crippen LogP contribution in [-0.4, -0.2) is 35.4 Å². The number of para-hydroxylation sites is 2. The van der Waals surface area contributed by atoms with Crippen LogP contribution >= 0.6 is 0 Å². The first-order valence-corrected chi connectivity index (χ1v) is 10.1. The van der Waals surface area contributed by atoms with E-state index in [9.17, 15) is 14.4 Å². The molecule has 0 bridgehead atoms.